The number of nitrogens with one attached hydrogen (secondary N) is 1. The minimum absolute atomic E-state index is 0.0872. The van der Waals surface area contributed by atoms with Gasteiger partial charge in [-0.2, -0.15) is 0 Å². The summed E-state index contributed by atoms with van der Waals surface area (Å²) in [4.78, 5) is 40.2. The van der Waals surface area contributed by atoms with Crippen molar-refractivity contribution in [1.29, 1.82) is 0 Å². The first-order valence-electron chi connectivity index (χ1n) is 9.11. The Morgan fingerprint density at radius 2 is 1.42 bits per heavy atom. The lowest BCUT2D eigenvalue weighted by atomic mass is 9.92. The van der Waals surface area contributed by atoms with Crippen LogP contribution >= 0.6 is 0 Å². The Morgan fingerprint density at radius 1 is 0.875 bits per heavy atom. The molecule has 0 aromatic rings. The highest BCUT2D eigenvalue weighted by atomic mass is 16.4. The number of carbonyl (C=O) groups excluding carboxylic acids is 2. The first-order valence-corrected chi connectivity index (χ1v) is 9.11. The Morgan fingerprint density at radius 3 is 1.96 bits per heavy atom. The van der Waals surface area contributed by atoms with Crippen molar-refractivity contribution in [3.63, 3.8) is 0 Å². The maximum atomic E-state index is 12.5. The van der Waals surface area contributed by atoms with Crippen LogP contribution in [-0.4, -0.2) is 64.5 Å². The average Bonchev–Trinajstić information content (AvgIpc) is 3.26. The fourth-order valence-electron chi connectivity index (χ4n) is 4.15. The van der Waals surface area contributed by atoms with Gasteiger partial charge in [0.1, 0.15) is 5.54 Å². The summed E-state index contributed by atoms with van der Waals surface area (Å²) in [5.41, 5.74) is -1.07. The molecule has 3 aliphatic rings. The summed E-state index contributed by atoms with van der Waals surface area (Å²) in [7, 11) is 0. The van der Waals surface area contributed by atoms with Crippen molar-refractivity contribution in [3.8, 4) is 0 Å². The largest absolute Gasteiger partial charge is 0.480 e. The van der Waals surface area contributed by atoms with Crippen LogP contribution in [0.3, 0.4) is 0 Å². The number of carboxylic acids is 1. The third-order valence-corrected chi connectivity index (χ3v) is 5.74. The topological polar surface area (TPSA) is 90.0 Å². The first kappa shape index (κ1) is 17.0. The highest BCUT2D eigenvalue weighted by Crippen LogP contribution is 2.31. The van der Waals surface area contributed by atoms with E-state index >= 15 is 0 Å². The molecule has 3 rings (SSSR count). The van der Waals surface area contributed by atoms with Crippen LogP contribution < -0.4 is 5.32 Å². The monoisotopic (exact) mass is 337 g/mol. The normalized spacial score (nSPS) is 24.2. The first-order chi connectivity index (χ1) is 11.5. The van der Waals surface area contributed by atoms with E-state index in [1.807, 2.05) is 9.80 Å². The molecule has 7 nitrogen and oxygen atoms in total. The van der Waals surface area contributed by atoms with Gasteiger partial charge < -0.3 is 20.2 Å². The number of rotatable bonds is 3. The number of hydrogen-bond acceptors (Lipinski definition) is 3. The molecule has 3 amide bonds. The highest BCUT2D eigenvalue weighted by molar-refractivity contribution is 5.88. The van der Waals surface area contributed by atoms with E-state index in [0.29, 0.717) is 38.8 Å². The van der Waals surface area contributed by atoms with Crippen molar-refractivity contribution in [2.45, 2.75) is 56.9 Å². The number of hydrogen-bond donors (Lipinski definition) is 2. The number of urea groups is 1. The summed E-state index contributed by atoms with van der Waals surface area (Å²) in [5, 5.41) is 12.3. The van der Waals surface area contributed by atoms with E-state index in [4.69, 9.17) is 0 Å². The third-order valence-electron chi connectivity index (χ3n) is 5.74. The number of aliphatic carboxylic acids is 1. The highest BCUT2D eigenvalue weighted by Gasteiger charge is 2.44. The molecule has 0 unspecified atom stereocenters. The van der Waals surface area contributed by atoms with Gasteiger partial charge in [-0.1, -0.05) is 12.8 Å². The summed E-state index contributed by atoms with van der Waals surface area (Å²) in [6.07, 6.45) is 6.08. The standard InChI is InChI=1S/C17H27N3O4/c21-14(18-17(15(22)23)7-1-2-8-17)13-5-11-20(12-6-13)16(24)19-9-3-4-10-19/h13H,1-12H2,(H,18,21)(H,22,23). The molecule has 0 radical (unpaired) electrons. The number of piperidine rings is 1. The van der Waals surface area contributed by atoms with Crippen molar-refractivity contribution >= 4 is 17.9 Å². The predicted molar refractivity (Wildman–Crippen MR) is 87.5 cm³/mol. The molecule has 2 aliphatic heterocycles. The smallest absolute Gasteiger partial charge is 0.329 e. The van der Waals surface area contributed by atoms with Crippen molar-refractivity contribution in [3.05, 3.63) is 0 Å². The van der Waals surface area contributed by atoms with Crippen LogP contribution in [0.1, 0.15) is 51.4 Å². The fourth-order valence-corrected chi connectivity index (χ4v) is 4.15. The molecule has 0 spiro atoms. The van der Waals surface area contributed by atoms with E-state index in [9.17, 15) is 19.5 Å². The van der Waals surface area contributed by atoms with Crippen LogP contribution in [0.4, 0.5) is 4.79 Å². The molecule has 0 bridgehead atoms. The van der Waals surface area contributed by atoms with Crippen LogP contribution in [0.5, 0.6) is 0 Å². The molecule has 24 heavy (non-hydrogen) atoms. The van der Waals surface area contributed by atoms with Crippen LogP contribution in [0.25, 0.3) is 0 Å². The van der Waals surface area contributed by atoms with E-state index in [1.165, 1.54) is 0 Å². The molecular weight excluding hydrogens is 310 g/mol. The molecule has 134 valence electrons. The van der Waals surface area contributed by atoms with E-state index < -0.39 is 11.5 Å². The van der Waals surface area contributed by atoms with Crippen molar-refractivity contribution in [2.75, 3.05) is 26.2 Å². The zero-order valence-corrected chi connectivity index (χ0v) is 14.1. The second kappa shape index (κ2) is 6.99. The molecule has 2 saturated heterocycles. The summed E-state index contributed by atoms with van der Waals surface area (Å²) in [5.74, 6) is -1.27. The van der Waals surface area contributed by atoms with Crippen LogP contribution in [0.15, 0.2) is 0 Å². The maximum absolute atomic E-state index is 12.5. The van der Waals surface area contributed by atoms with Crippen LogP contribution in [0.2, 0.25) is 0 Å². The second-order valence-electron chi connectivity index (χ2n) is 7.32. The number of nitrogens with zero attached hydrogens (tertiary/aromatic N) is 2. The molecule has 7 heteroatoms. The van der Waals surface area contributed by atoms with Gasteiger partial charge in [0.2, 0.25) is 5.91 Å². The number of amides is 3. The maximum Gasteiger partial charge on any atom is 0.329 e. The quantitative estimate of drug-likeness (QED) is 0.815. The molecular formula is C17H27N3O4. The lowest BCUT2D eigenvalue weighted by Gasteiger charge is -2.35. The van der Waals surface area contributed by atoms with Crippen molar-refractivity contribution in [1.82, 2.24) is 15.1 Å². The van der Waals surface area contributed by atoms with E-state index in [2.05, 4.69) is 5.32 Å². The molecule has 1 aliphatic carbocycles. The van der Waals surface area contributed by atoms with Crippen LogP contribution in [-0.2, 0) is 9.59 Å². The fraction of sp³-hybridized carbons (Fsp3) is 0.824. The van der Waals surface area contributed by atoms with Gasteiger partial charge in [0.15, 0.2) is 0 Å². The molecule has 0 aromatic heterocycles. The lowest BCUT2D eigenvalue weighted by molar-refractivity contribution is -0.148. The summed E-state index contributed by atoms with van der Waals surface area (Å²) in [6, 6.07) is 0.0872. The van der Waals surface area contributed by atoms with Gasteiger partial charge in [-0.3, -0.25) is 4.79 Å². The minimum Gasteiger partial charge on any atom is -0.480 e. The van der Waals surface area contributed by atoms with Gasteiger partial charge >= 0.3 is 12.0 Å². The molecule has 2 N–H and O–H groups in total. The number of carboxylic acid groups (broad SMARTS) is 1. The van der Waals surface area contributed by atoms with Crippen molar-refractivity contribution in [2.24, 2.45) is 5.92 Å². The SMILES string of the molecule is O=C(NC1(C(=O)O)CCCC1)C1CCN(C(=O)N2CCCC2)CC1. The molecule has 2 heterocycles. The van der Waals surface area contributed by atoms with Gasteiger partial charge in [0.25, 0.3) is 0 Å². The molecule has 1 saturated carbocycles. The van der Waals surface area contributed by atoms with E-state index in [0.717, 1.165) is 38.8 Å². The summed E-state index contributed by atoms with van der Waals surface area (Å²) < 4.78 is 0. The number of likely N-dealkylation sites (tertiary alicyclic amines) is 2. The minimum atomic E-state index is -1.07. The molecule has 3 fully saturated rings. The van der Waals surface area contributed by atoms with Gasteiger partial charge in [-0.25, -0.2) is 9.59 Å². The zero-order chi connectivity index (χ0) is 17.2. The Bertz CT molecular complexity index is 502. The molecule has 0 atom stereocenters. The molecule has 0 aromatic carbocycles. The Kier molecular flexibility index (Phi) is 4.96. The Hall–Kier alpha value is -1.79. The third kappa shape index (κ3) is 3.35. The van der Waals surface area contributed by atoms with Crippen LogP contribution in [0, 0.1) is 5.92 Å². The van der Waals surface area contributed by atoms with Gasteiger partial charge in [-0.05, 0) is 38.5 Å². The van der Waals surface area contributed by atoms with Gasteiger partial charge in [-0.15, -0.1) is 0 Å². The lowest BCUT2D eigenvalue weighted by Crippen LogP contribution is -2.55. The Labute approximate surface area is 142 Å². The van der Waals surface area contributed by atoms with E-state index in [1.54, 1.807) is 0 Å². The van der Waals surface area contributed by atoms with Gasteiger partial charge in [0, 0.05) is 32.1 Å². The Balaban J connectivity index is 1.51. The summed E-state index contributed by atoms with van der Waals surface area (Å²) >= 11 is 0. The van der Waals surface area contributed by atoms with E-state index in [-0.39, 0.29) is 17.9 Å². The average molecular weight is 337 g/mol. The second-order valence-corrected chi connectivity index (χ2v) is 7.32. The van der Waals surface area contributed by atoms with Crippen molar-refractivity contribution < 1.29 is 19.5 Å². The predicted octanol–water partition coefficient (Wildman–Crippen LogP) is 1.43. The zero-order valence-electron chi connectivity index (χ0n) is 14.1. The van der Waals surface area contributed by atoms with Gasteiger partial charge in [0.05, 0.1) is 0 Å². The number of carbonyl (C=O) groups is 3. The summed E-state index contributed by atoms with van der Waals surface area (Å²) in [6.45, 7) is 2.82.